The van der Waals surface area contributed by atoms with Crippen LogP contribution in [0.5, 0.6) is 0 Å². The molecule has 0 bridgehead atoms. The van der Waals surface area contributed by atoms with E-state index in [4.69, 9.17) is 9.05 Å². The maximum atomic E-state index is 13.0. The largest absolute Gasteiger partial charge is 0.756 e. The van der Waals surface area contributed by atoms with Crippen molar-refractivity contribution < 1.29 is 32.9 Å². The lowest BCUT2D eigenvalue weighted by Gasteiger charge is -2.29. The Morgan fingerprint density at radius 2 is 0.829 bits per heavy atom. The van der Waals surface area contributed by atoms with E-state index in [1.54, 1.807) is 6.08 Å². The Bertz CT molecular complexity index is 1230. The molecule has 0 spiro atoms. The Kier molecular flexibility index (Phi) is 51.6. The van der Waals surface area contributed by atoms with Gasteiger partial charge in [0.25, 0.3) is 7.82 Å². The van der Waals surface area contributed by atoms with Crippen LogP contribution in [-0.2, 0) is 18.4 Å². The third kappa shape index (κ3) is 54.5. The molecule has 0 aromatic carbocycles. The molecule has 414 valence electrons. The number of unbranched alkanes of at least 4 members (excludes halogenated alkanes) is 39. The minimum Gasteiger partial charge on any atom is -0.756 e. The van der Waals surface area contributed by atoms with Crippen LogP contribution in [0.1, 0.15) is 296 Å². The van der Waals surface area contributed by atoms with Crippen LogP contribution in [0.2, 0.25) is 0 Å². The molecular formula is C61H119N2O6P. The molecule has 0 aromatic heterocycles. The highest BCUT2D eigenvalue weighted by molar-refractivity contribution is 7.45. The molecule has 0 aliphatic carbocycles. The van der Waals surface area contributed by atoms with Crippen molar-refractivity contribution in [2.45, 2.75) is 309 Å². The van der Waals surface area contributed by atoms with E-state index in [-0.39, 0.29) is 19.1 Å². The molecule has 0 fully saturated rings. The second-order valence-electron chi connectivity index (χ2n) is 22.1. The lowest BCUT2D eigenvalue weighted by atomic mass is 10.0. The Balaban J connectivity index is 4.12. The fraction of sp³-hybridized carbons (Fsp3) is 0.885. The van der Waals surface area contributed by atoms with Crippen molar-refractivity contribution >= 4 is 13.7 Å². The van der Waals surface area contributed by atoms with Gasteiger partial charge in [-0.3, -0.25) is 9.36 Å². The van der Waals surface area contributed by atoms with Crippen molar-refractivity contribution in [2.75, 3.05) is 40.9 Å². The summed E-state index contributed by atoms with van der Waals surface area (Å²) in [6, 6.07) is -0.891. The Morgan fingerprint density at radius 3 is 1.20 bits per heavy atom. The van der Waals surface area contributed by atoms with Crippen LogP contribution >= 0.6 is 7.82 Å². The number of nitrogens with one attached hydrogen (secondary N) is 1. The van der Waals surface area contributed by atoms with Crippen LogP contribution in [-0.4, -0.2) is 68.5 Å². The van der Waals surface area contributed by atoms with Crippen molar-refractivity contribution in [3.63, 3.8) is 0 Å². The van der Waals surface area contributed by atoms with Crippen LogP contribution in [0, 0.1) is 0 Å². The molecule has 9 heteroatoms. The van der Waals surface area contributed by atoms with Gasteiger partial charge < -0.3 is 28.8 Å². The number of carbonyl (C=O) groups is 1. The first-order valence-corrected chi connectivity index (χ1v) is 31.8. The second-order valence-corrected chi connectivity index (χ2v) is 23.5. The summed E-state index contributed by atoms with van der Waals surface area (Å²) in [4.78, 5) is 25.5. The number of allylic oxidation sites excluding steroid dienone is 5. The molecule has 3 atom stereocenters. The van der Waals surface area contributed by atoms with E-state index in [1.165, 1.54) is 225 Å². The SMILES string of the molecule is CCCCCC/C=C\C/C=C\CCCCCCCCCC(=O)NC(COP(=O)([O-])OCC[N+](C)(C)C)C(O)/C=C/CCCCCCCCCCCCCCCCCCCCCCCCCCCCCC. The summed E-state index contributed by atoms with van der Waals surface area (Å²) in [5.74, 6) is -0.202. The predicted octanol–water partition coefficient (Wildman–Crippen LogP) is 17.9. The summed E-state index contributed by atoms with van der Waals surface area (Å²) in [6.45, 7) is 4.66. The van der Waals surface area contributed by atoms with E-state index in [1.807, 2.05) is 27.2 Å². The zero-order valence-electron chi connectivity index (χ0n) is 47.2. The van der Waals surface area contributed by atoms with Gasteiger partial charge in [0.1, 0.15) is 13.2 Å². The van der Waals surface area contributed by atoms with E-state index < -0.39 is 20.0 Å². The van der Waals surface area contributed by atoms with Crippen molar-refractivity contribution in [3.8, 4) is 0 Å². The summed E-state index contributed by atoms with van der Waals surface area (Å²) in [6.07, 6.45) is 68.0. The van der Waals surface area contributed by atoms with Crippen molar-refractivity contribution in [2.24, 2.45) is 0 Å². The molecule has 2 N–H and O–H groups in total. The summed E-state index contributed by atoms with van der Waals surface area (Å²) in [5.41, 5.74) is 0. The van der Waals surface area contributed by atoms with Crippen molar-refractivity contribution in [1.82, 2.24) is 5.32 Å². The van der Waals surface area contributed by atoms with E-state index in [9.17, 15) is 19.4 Å². The van der Waals surface area contributed by atoms with Crippen LogP contribution in [0.15, 0.2) is 36.5 Å². The van der Waals surface area contributed by atoms with Crippen LogP contribution in [0.3, 0.4) is 0 Å². The van der Waals surface area contributed by atoms with Crippen molar-refractivity contribution in [3.05, 3.63) is 36.5 Å². The maximum absolute atomic E-state index is 13.0. The quantitative estimate of drug-likeness (QED) is 0.0272. The number of phosphoric ester groups is 1. The van der Waals surface area contributed by atoms with E-state index in [0.29, 0.717) is 17.4 Å². The lowest BCUT2D eigenvalue weighted by molar-refractivity contribution is -0.870. The van der Waals surface area contributed by atoms with Crippen LogP contribution in [0.25, 0.3) is 0 Å². The number of nitrogens with zero attached hydrogens (tertiary/aromatic N) is 1. The monoisotopic (exact) mass is 1010 g/mol. The molecule has 70 heavy (non-hydrogen) atoms. The lowest BCUT2D eigenvalue weighted by Crippen LogP contribution is -2.45. The van der Waals surface area contributed by atoms with Gasteiger partial charge in [0.05, 0.1) is 39.9 Å². The van der Waals surface area contributed by atoms with Gasteiger partial charge in [-0.1, -0.05) is 275 Å². The molecular weight excluding hydrogens is 888 g/mol. The van der Waals surface area contributed by atoms with Gasteiger partial charge in [0.15, 0.2) is 0 Å². The zero-order chi connectivity index (χ0) is 51.3. The zero-order valence-corrected chi connectivity index (χ0v) is 48.1. The number of aliphatic hydroxyl groups excluding tert-OH is 1. The highest BCUT2D eigenvalue weighted by atomic mass is 31.2. The van der Waals surface area contributed by atoms with Gasteiger partial charge in [-0.05, 0) is 51.4 Å². The molecule has 0 radical (unpaired) electrons. The topological polar surface area (TPSA) is 108 Å². The van der Waals surface area contributed by atoms with Gasteiger partial charge in [-0.2, -0.15) is 0 Å². The highest BCUT2D eigenvalue weighted by Gasteiger charge is 2.23. The number of carbonyl (C=O) groups excluding carboxylic acids is 1. The Morgan fingerprint density at radius 1 is 0.500 bits per heavy atom. The normalized spacial score (nSPS) is 14.1. The number of aliphatic hydroxyl groups is 1. The van der Waals surface area contributed by atoms with Gasteiger partial charge in [0, 0.05) is 6.42 Å². The first-order valence-electron chi connectivity index (χ1n) is 30.4. The third-order valence-electron chi connectivity index (χ3n) is 13.8. The number of amides is 1. The Labute approximate surface area is 436 Å². The molecule has 8 nitrogen and oxygen atoms in total. The molecule has 0 heterocycles. The molecule has 3 unspecified atom stereocenters. The number of quaternary nitrogens is 1. The standard InChI is InChI=1S/C61H119N2O6P/c1-6-8-10-12-14-16-18-20-22-24-26-27-28-29-30-31-32-33-34-35-36-37-38-40-42-44-46-48-50-52-54-60(64)59(58-69-70(66,67)68-57-56-63(3,4)5)62-61(65)55-53-51-49-47-45-43-41-39-25-23-21-19-17-15-13-11-9-7-2/h17,19,23,25,52,54,59-60,64H,6-16,18,20-22,24,26-51,53,55-58H2,1-5H3,(H-,62,65,66,67)/b19-17-,25-23-,54-52+. The third-order valence-corrected chi connectivity index (χ3v) is 14.8. The first-order chi connectivity index (χ1) is 34.0. The molecule has 0 aromatic rings. The molecule has 0 aliphatic heterocycles. The van der Waals surface area contributed by atoms with Gasteiger partial charge in [-0.15, -0.1) is 0 Å². The van der Waals surface area contributed by atoms with E-state index in [2.05, 4.69) is 43.5 Å². The molecule has 0 rings (SSSR count). The fourth-order valence-electron chi connectivity index (χ4n) is 9.07. The summed E-state index contributed by atoms with van der Waals surface area (Å²) in [7, 11) is 1.26. The molecule has 0 aliphatic rings. The molecule has 0 saturated carbocycles. The smallest absolute Gasteiger partial charge is 0.268 e. The second kappa shape index (κ2) is 52.6. The average molecular weight is 1010 g/mol. The van der Waals surface area contributed by atoms with Gasteiger partial charge >= 0.3 is 0 Å². The first kappa shape index (κ1) is 68.7. The average Bonchev–Trinajstić information content (AvgIpc) is 3.32. The van der Waals surface area contributed by atoms with Gasteiger partial charge in [-0.25, -0.2) is 0 Å². The minimum absolute atomic E-state index is 0.00233. The summed E-state index contributed by atoms with van der Waals surface area (Å²) < 4.78 is 23.4. The summed E-state index contributed by atoms with van der Waals surface area (Å²) in [5, 5.41) is 13.9. The fourth-order valence-corrected chi connectivity index (χ4v) is 9.79. The van der Waals surface area contributed by atoms with Crippen LogP contribution in [0.4, 0.5) is 0 Å². The number of hydrogen-bond acceptors (Lipinski definition) is 6. The van der Waals surface area contributed by atoms with E-state index in [0.717, 1.165) is 51.4 Å². The summed E-state index contributed by atoms with van der Waals surface area (Å²) >= 11 is 0. The molecule has 1 amide bonds. The maximum Gasteiger partial charge on any atom is 0.268 e. The number of phosphoric acid groups is 1. The highest BCUT2D eigenvalue weighted by Crippen LogP contribution is 2.38. The number of hydrogen-bond donors (Lipinski definition) is 2. The Hall–Kier alpha value is -1.28. The van der Waals surface area contributed by atoms with Crippen molar-refractivity contribution in [1.29, 1.82) is 0 Å². The number of rotatable bonds is 56. The number of likely N-dealkylation sites (N-methyl/N-ethyl adjacent to an activating group) is 1. The molecule has 0 saturated heterocycles. The van der Waals surface area contributed by atoms with Gasteiger partial charge in [0.2, 0.25) is 5.91 Å². The minimum atomic E-state index is -4.60. The van der Waals surface area contributed by atoms with Crippen LogP contribution < -0.4 is 10.2 Å². The van der Waals surface area contributed by atoms with E-state index >= 15 is 0 Å². The predicted molar refractivity (Wildman–Crippen MR) is 302 cm³/mol.